The number of fused-ring (bicyclic) bond motifs is 3. The number of rotatable bonds is 2. The van der Waals surface area contributed by atoms with Gasteiger partial charge < -0.3 is 9.47 Å². The molecule has 0 saturated heterocycles. The molecule has 0 spiro atoms. The Morgan fingerprint density at radius 1 is 1.00 bits per heavy atom. The summed E-state index contributed by atoms with van der Waals surface area (Å²) >= 11 is 6.28. The molecule has 3 aromatic rings. The lowest BCUT2D eigenvalue weighted by Crippen LogP contribution is -2.21. The molecule has 2 heterocycles. The summed E-state index contributed by atoms with van der Waals surface area (Å²) in [4.78, 5) is 2.40. The van der Waals surface area contributed by atoms with Crippen LogP contribution in [0.4, 0.5) is 0 Å². The number of nitrogens with zero attached hydrogens (tertiary/aromatic N) is 2. The molecule has 1 aliphatic heterocycles. The van der Waals surface area contributed by atoms with Crippen LogP contribution in [0.15, 0.2) is 48.5 Å². The van der Waals surface area contributed by atoms with Crippen LogP contribution in [0.25, 0.3) is 23.2 Å². The van der Waals surface area contributed by atoms with E-state index >= 15 is 0 Å². The summed E-state index contributed by atoms with van der Waals surface area (Å²) in [6.07, 6.45) is 6.53. The zero-order valence-electron chi connectivity index (χ0n) is 13.9. The highest BCUT2D eigenvalue weighted by Gasteiger charge is 2.19. The summed E-state index contributed by atoms with van der Waals surface area (Å²) < 4.78 is 2.35. The van der Waals surface area contributed by atoms with Gasteiger partial charge in [-0.15, -0.1) is 0 Å². The molecule has 0 aliphatic carbocycles. The van der Waals surface area contributed by atoms with E-state index in [1.807, 2.05) is 12.1 Å². The van der Waals surface area contributed by atoms with Crippen LogP contribution < -0.4 is 0 Å². The summed E-state index contributed by atoms with van der Waals surface area (Å²) in [5, 5.41) is 2.11. The molecule has 0 N–H and O–H groups in total. The molecule has 4 rings (SSSR count). The fourth-order valence-corrected chi connectivity index (χ4v) is 3.73. The maximum absolute atomic E-state index is 6.28. The standard InChI is InChI=1S/C21H21ClN2/c1-23-12-10-18-19-15-17(22)7-8-20(19)24(21(18)11-13-23)14-9-16-5-3-2-4-6-16/h2-9,14-15H,10-13H2,1H3/b14-9+. The largest absolute Gasteiger partial charge is 0.320 e. The maximum atomic E-state index is 6.28. The molecule has 1 aliphatic rings. The minimum Gasteiger partial charge on any atom is -0.320 e. The first-order valence-electron chi connectivity index (χ1n) is 8.45. The Bertz CT molecular complexity index is 893. The van der Waals surface area contributed by atoms with Gasteiger partial charge in [0, 0.05) is 41.8 Å². The normalized spacial score (nSPS) is 15.8. The van der Waals surface area contributed by atoms with Crippen molar-refractivity contribution in [3.63, 3.8) is 0 Å². The van der Waals surface area contributed by atoms with Gasteiger partial charge in [0.2, 0.25) is 0 Å². The monoisotopic (exact) mass is 336 g/mol. The van der Waals surface area contributed by atoms with Crippen molar-refractivity contribution in [2.45, 2.75) is 12.8 Å². The van der Waals surface area contributed by atoms with E-state index in [-0.39, 0.29) is 0 Å². The van der Waals surface area contributed by atoms with Gasteiger partial charge in [-0.05, 0) is 48.9 Å². The van der Waals surface area contributed by atoms with E-state index in [2.05, 4.69) is 65.2 Å². The van der Waals surface area contributed by atoms with Gasteiger partial charge >= 0.3 is 0 Å². The molecular formula is C21H21ClN2. The molecule has 0 bridgehead atoms. The molecule has 2 nitrogen and oxygen atoms in total. The Balaban J connectivity index is 1.86. The van der Waals surface area contributed by atoms with Crippen molar-refractivity contribution < 1.29 is 0 Å². The highest BCUT2D eigenvalue weighted by Crippen LogP contribution is 2.31. The van der Waals surface area contributed by atoms with Crippen LogP contribution in [-0.4, -0.2) is 29.6 Å². The topological polar surface area (TPSA) is 8.17 Å². The maximum Gasteiger partial charge on any atom is 0.0529 e. The van der Waals surface area contributed by atoms with Gasteiger partial charge in [-0.25, -0.2) is 0 Å². The number of benzene rings is 2. The summed E-state index contributed by atoms with van der Waals surface area (Å²) in [6, 6.07) is 16.7. The van der Waals surface area contributed by atoms with E-state index in [1.54, 1.807) is 0 Å². The van der Waals surface area contributed by atoms with Gasteiger partial charge in [-0.1, -0.05) is 41.9 Å². The van der Waals surface area contributed by atoms with Crippen LogP contribution in [0.5, 0.6) is 0 Å². The smallest absolute Gasteiger partial charge is 0.0529 e. The highest BCUT2D eigenvalue weighted by molar-refractivity contribution is 6.31. The molecule has 2 aromatic carbocycles. The number of likely N-dealkylation sites (N-methyl/N-ethyl adjacent to an activating group) is 1. The third-order valence-corrected chi connectivity index (χ3v) is 5.11. The lowest BCUT2D eigenvalue weighted by atomic mass is 10.1. The quantitative estimate of drug-likeness (QED) is 0.642. The van der Waals surface area contributed by atoms with Gasteiger partial charge in [0.05, 0.1) is 5.52 Å². The van der Waals surface area contributed by atoms with Crippen LogP contribution in [0, 0.1) is 0 Å². The van der Waals surface area contributed by atoms with Crippen molar-refractivity contribution in [2.24, 2.45) is 0 Å². The van der Waals surface area contributed by atoms with Crippen molar-refractivity contribution in [1.29, 1.82) is 0 Å². The lowest BCUT2D eigenvalue weighted by molar-refractivity contribution is 0.351. The van der Waals surface area contributed by atoms with E-state index in [1.165, 1.54) is 27.7 Å². The van der Waals surface area contributed by atoms with E-state index in [0.717, 1.165) is 31.0 Å². The number of halogens is 1. The average molecular weight is 337 g/mol. The lowest BCUT2D eigenvalue weighted by Gasteiger charge is -2.12. The van der Waals surface area contributed by atoms with Gasteiger partial charge in [-0.3, -0.25) is 0 Å². The third kappa shape index (κ3) is 2.88. The SMILES string of the molecule is CN1CCc2c(n(/C=C/c3ccccc3)c3ccc(Cl)cc23)CC1. The molecule has 0 fully saturated rings. The Kier molecular flexibility index (Phi) is 4.17. The van der Waals surface area contributed by atoms with Crippen LogP contribution in [0.2, 0.25) is 5.02 Å². The van der Waals surface area contributed by atoms with Crippen LogP contribution in [0.1, 0.15) is 16.8 Å². The Labute approximate surface area is 148 Å². The van der Waals surface area contributed by atoms with Crippen molar-refractivity contribution in [2.75, 3.05) is 20.1 Å². The first-order valence-corrected chi connectivity index (χ1v) is 8.83. The molecule has 3 heteroatoms. The Morgan fingerprint density at radius 3 is 2.62 bits per heavy atom. The van der Waals surface area contributed by atoms with Crippen LogP contribution >= 0.6 is 11.6 Å². The zero-order chi connectivity index (χ0) is 16.5. The molecule has 24 heavy (non-hydrogen) atoms. The van der Waals surface area contributed by atoms with Gasteiger partial charge in [0.25, 0.3) is 0 Å². The number of aromatic nitrogens is 1. The first kappa shape index (κ1) is 15.5. The van der Waals surface area contributed by atoms with Gasteiger partial charge in [0.15, 0.2) is 0 Å². The van der Waals surface area contributed by atoms with E-state index < -0.39 is 0 Å². The van der Waals surface area contributed by atoms with Crippen molar-refractivity contribution in [3.05, 3.63) is 70.4 Å². The van der Waals surface area contributed by atoms with Crippen molar-refractivity contribution in [1.82, 2.24) is 9.47 Å². The van der Waals surface area contributed by atoms with Crippen LogP contribution in [0.3, 0.4) is 0 Å². The second-order valence-electron chi connectivity index (χ2n) is 6.49. The predicted molar refractivity (Wildman–Crippen MR) is 104 cm³/mol. The molecular weight excluding hydrogens is 316 g/mol. The zero-order valence-corrected chi connectivity index (χ0v) is 14.6. The molecule has 122 valence electrons. The minimum atomic E-state index is 0.812. The fraction of sp³-hybridized carbons (Fsp3) is 0.238. The first-order chi connectivity index (χ1) is 11.7. The highest BCUT2D eigenvalue weighted by atomic mass is 35.5. The summed E-state index contributed by atoms with van der Waals surface area (Å²) in [5.41, 5.74) is 5.34. The van der Waals surface area contributed by atoms with Crippen LogP contribution in [-0.2, 0) is 12.8 Å². The second kappa shape index (κ2) is 6.46. The Morgan fingerprint density at radius 2 is 1.79 bits per heavy atom. The van der Waals surface area contributed by atoms with E-state index in [9.17, 15) is 0 Å². The molecule has 0 amide bonds. The molecule has 0 radical (unpaired) electrons. The predicted octanol–water partition coefficient (Wildman–Crippen LogP) is 4.95. The molecule has 0 unspecified atom stereocenters. The number of hydrogen-bond donors (Lipinski definition) is 0. The van der Waals surface area contributed by atoms with Gasteiger partial charge in [0.1, 0.15) is 0 Å². The van der Waals surface area contributed by atoms with Crippen molar-refractivity contribution in [3.8, 4) is 0 Å². The van der Waals surface area contributed by atoms with E-state index in [0.29, 0.717) is 0 Å². The third-order valence-electron chi connectivity index (χ3n) is 4.87. The summed E-state index contributed by atoms with van der Waals surface area (Å²) in [6.45, 7) is 2.19. The molecule has 0 saturated carbocycles. The number of hydrogen-bond acceptors (Lipinski definition) is 1. The Hall–Kier alpha value is -2.03. The summed E-state index contributed by atoms with van der Waals surface area (Å²) in [7, 11) is 2.20. The van der Waals surface area contributed by atoms with E-state index in [4.69, 9.17) is 11.6 Å². The molecule has 1 aromatic heterocycles. The fourth-order valence-electron chi connectivity index (χ4n) is 3.56. The summed E-state index contributed by atoms with van der Waals surface area (Å²) in [5.74, 6) is 0. The molecule has 0 atom stereocenters. The minimum absolute atomic E-state index is 0.812. The van der Waals surface area contributed by atoms with Crippen molar-refractivity contribution >= 4 is 34.8 Å². The average Bonchev–Trinajstić information content (AvgIpc) is 2.74. The van der Waals surface area contributed by atoms with Gasteiger partial charge in [-0.2, -0.15) is 0 Å². The second-order valence-corrected chi connectivity index (χ2v) is 6.92.